The first-order valence-corrected chi connectivity index (χ1v) is 7.78. The van der Waals surface area contributed by atoms with E-state index >= 15 is 0 Å². The van der Waals surface area contributed by atoms with Gasteiger partial charge in [0.05, 0.1) is 5.60 Å². The number of alkyl halides is 1. The van der Waals surface area contributed by atoms with Gasteiger partial charge in [0.15, 0.2) is 0 Å². The van der Waals surface area contributed by atoms with Gasteiger partial charge in [-0.3, -0.25) is 0 Å². The molecule has 0 aromatic heterocycles. The summed E-state index contributed by atoms with van der Waals surface area (Å²) < 4.78 is 5.51. The van der Waals surface area contributed by atoms with Gasteiger partial charge < -0.3 is 4.74 Å². The summed E-state index contributed by atoms with van der Waals surface area (Å²) >= 11 is 6.53. The van der Waals surface area contributed by atoms with E-state index in [0.29, 0.717) is 16.7 Å². The van der Waals surface area contributed by atoms with Crippen LogP contribution in [-0.4, -0.2) is 18.1 Å². The number of ether oxygens (including phenoxy) is 1. The van der Waals surface area contributed by atoms with Crippen molar-refractivity contribution in [3.05, 3.63) is 0 Å². The van der Waals surface area contributed by atoms with Gasteiger partial charge in [0, 0.05) is 12.5 Å². The van der Waals surface area contributed by atoms with Crippen molar-refractivity contribution in [1.82, 2.24) is 0 Å². The van der Waals surface area contributed by atoms with Crippen molar-refractivity contribution in [2.45, 2.75) is 77.7 Å². The normalized spacial score (nSPS) is 30.5. The second-order valence-corrected chi connectivity index (χ2v) is 8.22. The lowest BCUT2D eigenvalue weighted by molar-refractivity contribution is 0.00677. The molecule has 1 aliphatic rings. The molecule has 2 heteroatoms. The van der Waals surface area contributed by atoms with Crippen molar-refractivity contribution in [1.29, 1.82) is 0 Å². The van der Waals surface area contributed by atoms with E-state index in [2.05, 4.69) is 34.6 Å². The molecule has 0 heterocycles. The molecule has 0 amide bonds. The number of hydrogen-bond acceptors (Lipinski definition) is 1. The molecule has 108 valence electrons. The van der Waals surface area contributed by atoms with Crippen molar-refractivity contribution in [3.63, 3.8) is 0 Å². The average molecular weight is 275 g/mol. The van der Waals surface area contributed by atoms with E-state index < -0.39 is 0 Å². The van der Waals surface area contributed by atoms with Gasteiger partial charge >= 0.3 is 0 Å². The van der Waals surface area contributed by atoms with E-state index in [0.717, 1.165) is 12.3 Å². The third-order valence-corrected chi connectivity index (χ3v) is 5.36. The zero-order valence-electron chi connectivity index (χ0n) is 13.1. The minimum atomic E-state index is -0.00865. The van der Waals surface area contributed by atoms with Gasteiger partial charge in [-0.2, -0.15) is 0 Å². The molecular formula is C16H31ClO. The summed E-state index contributed by atoms with van der Waals surface area (Å²) in [4.78, 5) is 0. The van der Waals surface area contributed by atoms with Crippen LogP contribution in [-0.2, 0) is 4.74 Å². The van der Waals surface area contributed by atoms with E-state index in [4.69, 9.17) is 16.3 Å². The van der Waals surface area contributed by atoms with Gasteiger partial charge in [-0.05, 0) is 63.2 Å². The minimum absolute atomic E-state index is 0.00865. The fourth-order valence-corrected chi connectivity index (χ4v) is 3.30. The molecule has 1 rings (SSSR count). The maximum Gasteiger partial charge on any atom is 0.0622 e. The zero-order valence-corrected chi connectivity index (χ0v) is 13.8. The quantitative estimate of drug-likeness (QED) is 0.635. The molecule has 0 bridgehead atoms. The maximum absolute atomic E-state index is 6.53. The Bertz CT molecular complexity index is 254. The summed E-state index contributed by atoms with van der Waals surface area (Å²) in [5.41, 5.74) is 0.414. The topological polar surface area (TPSA) is 9.23 Å². The van der Waals surface area contributed by atoms with Crippen LogP contribution in [0, 0.1) is 17.3 Å². The molecule has 0 aliphatic heterocycles. The number of hydrogen-bond donors (Lipinski definition) is 0. The molecule has 1 fully saturated rings. The smallest absolute Gasteiger partial charge is 0.0622 e. The fourth-order valence-electron chi connectivity index (χ4n) is 2.95. The third kappa shape index (κ3) is 4.74. The van der Waals surface area contributed by atoms with Crippen LogP contribution in [0.25, 0.3) is 0 Å². The summed E-state index contributed by atoms with van der Waals surface area (Å²) in [6.07, 6.45) is 6.07. The Morgan fingerprint density at radius 2 is 1.72 bits per heavy atom. The second kappa shape index (κ2) is 6.13. The summed E-state index contributed by atoms with van der Waals surface area (Å²) in [7, 11) is 1.80. The Labute approximate surface area is 119 Å². The van der Waals surface area contributed by atoms with E-state index in [-0.39, 0.29) is 5.60 Å². The molecule has 0 aromatic carbocycles. The molecule has 3 unspecified atom stereocenters. The fraction of sp³-hybridized carbons (Fsp3) is 1.00. The third-order valence-electron chi connectivity index (χ3n) is 4.78. The highest BCUT2D eigenvalue weighted by Crippen LogP contribution is 2.43. The lowest BCUT2D eigenvalue weighted by Gasteiger charge is -2.40. The van der Waals surface area contributed by atoms with Crippen LogP contribution in [0.5, 0.6) is 0 Å². The Morgan fingerprint density at radius 3 is 2.22 bits per heavy atom. The van der Waals surface area contributed by atoms with Gasteiger partial charge in [-0.15, -0.1) is 11.6 Å². The summed E-state index contributed by atoms with van der Waals surface area (Å²) in [6.45, 7) is 11.4. The Kier molecular flexibility index (Phi) is 5.56. The Hall–Kier alpha value is 0.250. The number of rotatable bonds is 4. The first kappa shape index (κ1) is 16.3. The molecule has 1 nitrogen and oxygen atoms in total. The van der Waals surface area contributed by atoms with Crippen molar-refractivity contribution in [2.24, 2.45) is 17.3 Å². The van der Waals surface area contributed by atoms with Crippen molar-refractivity contribution < 1.29 is 4.74 Å². The van der Waals surface area contributed by atoms with Crippen LogP contribution in [0.4, 0.5) is 0 Å². The van der Waals surface area contributed by atoms with Gasteiger partial charge in [-0.1, -0.05) is 20.8 Å². The molecule has 1 aliphatic carbocycles. The zero-order chi connectivity index (χ0) is 14.0. The van der Waals surface area contributed by atoms with E-state index in [1.54, 1.807) is 7.11 Å². The first-order valence-electron chi connectivity index (χ1n) is 7.35. The molecular weight excluding hydrogens is 244 g/mol. The molecule has 0 spiro atoms. The van der Waals surface area contributed by atoms with Gasteiger partial charge in [0.1, 0.15) is 0 Å². The predicted molar refractivity (Wildman–Crippen MR) is 80.2 cm³/mol. The van der Waals surface area contributed by atoms with Crippen molar-refractivity contribution in [3.8, 4) is 0 Å². The van der Waals surface area contributed by atoms with Crippen LogP contribution in [0.2, 0.25) is 0 Å². The summed E-state index contributed by atoms with van der Waals surface area (Å²) in [5, 5.41) is 0.372. The van der Waals surface area contributed by atoms with E-state index in [9.17, 15) is 0 Å². The standard InChI is InChI=1S/C16H31ClO/c1-15(2,3)13-7-8-14(17)12(11-13)9-10-16(4,5)18-6/h12-14H,7-11H2,1-6H3. The largest absolute Gasteiger partial charge is 0.379 e. The van der Waals surface area contributed by atoms with Crippen LogP contribution in [0.1, 0.15) is 66.7 Å². The van der Waals surface area contributed by atoms with E-state index in [1.165, 1.54) is 25.7 Å². The molecule has 0 radical (unpaired) electrons. The lowest BCUT2D eigenvalue weighted by Crippen LogP contribution is -2.34. The maximum atomic E-state index is 6.53. The van der Waals surface area contributed by atoms with Crippen molar-refractivity contribution >= 4 is 11.6 Å². The summed E-state index contributed by atoms with van der Waals surface area (Å²) in [6, 6.07) is 0. The van der Waals surface area contributed by atoms with E-state index in [1.807, 2.05) is 0 Å². The minimum Gasteiger partial charge on any atom is -0.379 e. The Morgan fingerprint density at radius 1 is 1.11 bits per heavy atom. The number of methoxy groups -OCH3 is 1. The van der Waals surface area contributed by atoms with Gasteiger partial charge in [0.2, 0.25) is 0 Å². The van der Waals surface area contributed by atoms with Gasteiger partial charge in [0.25, 0.3) is 0 Å². The highest BCUT2D eigenvalue weighted by Gasteiger charge is 2.35. The SMILES string of the molecule is COC(C)(C)CCC1CC(C(C)(C)C)CCC1Cl. The molecule has 0 saturated heterocycles. The van der Waals surface area contributed by atoms with Crippen LogP contribution in [0.15, 0.2) is 0 Å². The molecule has 18 heavy (non-hydrogen) atoms. The molecule has 1 saturated carbocycles. The monoisotopic (exact) mass is 274 g/mol. The van der Waals surface area contributed by atoms with Crippen LogP contribution < -0.4 is 0 Å². The van der Waals surface area contributed by atoms with Crippen molar-refractivity contribution in [2.75, 3.05) is 7.11 Å². The number of halogens is 1. The average Bonchev–Trinajstić information content (AvgIpc) is 2.26. The highest BCUT2D eigenvalue weighted by atomic mass is 35.5. The van der Waals surface area contributed by atoms with Crippen LogP contribution in [0.3, 0.4) is 0 Å². The summed E-state index contributed by atoms with van der Waals surface area (Å²) in [5.74, 6) is 1.49. The predicted octanol–water partition coefficient (Wildman–Crippen LogP) is 5.26. The molecule has 3 atom stereocenters. The molecule has 0 N–H and O–H groups in total. The molecule has 0 aromatic rings. The van der Waals surface area contributed by atoms with Crippen LogP contribution >= 0.6 is 11.6 Å². The first-order chi connectivity index (χ1) is 8.15. The lowest BCUT2D eigenvalue weighted by atomic mass is 9.68. The second-order valence-electron chi connectivity index (χ2n) is 7.65. The Balaban J connectivity index is 2.53. The highest BCUT2D eigenvalue weighted by molar-refractivity contribution is 6.20. The van der Waals surface area contributed by atoms with Gasteiger partial charge in [-0.25, -0.2) is 0 Å².